The minimum Gasteiger partial charge on any atom is -0.350 e. The summed E-state index contributed by atoms with van der Waals surface area (Å²) >= 11 is 5.31. The fraction of sp³-hybridized carbons (Fsp3) is 0.467. The van der Waals surface area contributed by atoms with Gasteiger partial charge in [0, 0.05) is 19.0 Å². The van der Waals surface area contributed by atoms with E-state index < -0.39 is 0 Å². The van der Waals surface area contributed by atoms with Crippen molar-refractivity contribution in [3.8, 4) is 0 Å². The largest absolute Gasteiger partial charge is 0.350 e. The van der Waals surface area contributed by atoms with Crippen LogP contribution in [0.4, 0.5) is 0 Å². The van der Waals surface area contributed by atoms with Gasteiger partial charge in [-0.25, -0.2) is 0 Å². The number of nitrogens with zero attached hydrogens (tertiary/aromatic N) is 1. The van der Waals surface area contributed by atoms with Crippen LogP contribution in [0.15, 0.2) is 30.3 Å². The number of carbonyl (C=O) groups is 1. The minimum atomic E-state index is -0.216. The lowest BCUT2D eigenvalue weighted by atomic mass is 10.1. The molecule has 1 aromatic rings. The van der Waals surface area contributed by atoms with E-state index in [1.165, 1.54) is 6.42 Å². The molecule has 1 amide bonds. The Morgan fingerprint density at radius 3 is 2.80 bits per heavy atom. The van der Waals surface area contributed by atoms with E-state index in [-0.39, 0.29) is 11.9 Å². The number of carbonyl (C=O) groups excluding carboxylic acids is 1. The van der Waals surface area contributed by atoms with E-state index in [1.54, 1.807) is 4.90 Å². The zero-order valence-electron chi connectivity index (χ0n) is 11.3. The van der Waals surface area contributed by atoms with E-state index in [4.69, 9.17) is 12.2 Å². The first-order valence-electron chi connectivity index (χ1n) is 7.13. The lowest BCUT2D eigenvalue weighted by Crippen LogP contribution is -2.41. The predicted octanol–water partition coefficient (Wildman–Crippen LogP) is 1.07. The highest BCUT2D eigenvalue weighted by Gasteiger charge is 2.36. The summed E-state index contributed by atoms with van der Waals surface area (Å²) in [6.45, 7) is 1.73. The van der Waals surface area contributed by atoms with Gasteiger partial charge < -0.3 is 10.6 Å². The Morgan fingerprint density at radius 1 is 1.30 bits per heavy atom. The Kier molecular flexibility index (Phi) is 3.98. The van der Waals surface area contributed by atoms with Crippen LogP contribution in [0.25, 0.3) is 0 Å². The van der Waals surface area contributed by atoms with Crippen LogP contribution in [0.1, 0.15) is 18.4 Å². The monoisotopic (exact) mass is 289 g/mol. The molecule has 106 valence electrons. The molecule has 0 radical (unpaired) electrons. The molecule has 20 heavy (non-hydrogen) atoms. The van der Waals surface area contributed by atoms with E-state index in [0.29, 0.717) is 24.1 Å². The van der Waals surface area contributed by atoms with Gasteiger partial charge in [0.05, 0.1) is 0 Å². The Morgan fingerprint density at radius 2 is 2.10 bits per heavy atom. The number of amides is 1. The predicted molar refractivity (Wildman–Crippen MR) is 82.4 cm³/mol. The molecule has 2 heterocycles. The number of thiocarbonyl (C=S) groups is 1. The molecule has 0 aromatic heterocycles. The van der Waals surface area contributed by atoms with E-state index in [2.05, 4.69) is 10.6 Å². The molecule has 0 bridgehead atoms. The Labute approximate surface area is 124 Å². The minimum absolute atomic E-state index is 0.104. The smallest absolute Gasteiger partial charge is 0.251 e. The highest BCUT2D eigenvalue weighted by atomic mass is 32.1. The lowest BCUT2D eigenvalue weighted by Gasteiger charge is -2.19. The van der Waals surface area contributed by atoms with Crippen molar-refractivity contribution in [1.82, 2.24) is 15.5 Å². The van der Waals surface area contributed by atoms with Crippen molar-refractivity contribution < 1.29 is 4.79 Å². The summed E-state index contributed by atoms with van der Waals surface area (Å²) in [5.74, 6) is 0.104. The van der Waals surface area contributed by atoms with Gasteiger partial charge in [-0.05, 0) is 37.2 Å². The SMILES string of the molecule is O=C1[C@H](Cc2ccccc2)NC(=S)N1C[C@@H]1CCCN1. The van der Waals surface area contributed by atoms with Crippen LogP contribution in [-0.2, 0) is 11.2 Å². The standard InChI is InChI=1S/C15H19N3OS/c19-14-13(9-11-5-2-1-3-6-11)17-15(20)18(14)10-12-7-4-8-16-12/h1-3,5-6,12-13,16H,4,7-10H2,(H,17,20)/t12-,13-/m0/s1. The van der Waals surface area contributed by atoms with E-state index in [1.807, 2.05) is 30.3 Å². The van der Waals surface area contributed by atoms with Crippen molar-refractivity contribution >= 4 is 23.2 Å². The summed E-state index contributed by atoms with van der Waals surface area (Å²) in [7, 11) is 0. The van der Waals surface area contributed by atoms with Crippen LogP contribution in [0.3, 0.4) is 0 Å². The molecular formula is C15H19N3OS. The molecule has 4 nitrogen and oxygen atoms in total. The lowest BCUT2D eigenvalue weighted by molar-refractivity contribution is -0.127. The third-order valence-electron chi connectivity index (χ3n) is 3.95. The average molecular weight is 289 g/mol. The normalized spacial score (nSPS) is 26.1. The quantitative estimate of drug-likeness (QED) is 0.814. The fourth-order valence-corrected chi connectivity index (χ4v) is 3.18. The van der Waals surface area contributed by atoms with Gasteiger partial charge in [-0.1, -0.05) is 30.3 Å². The molecule has 1 aromatic carbocycles. The van der Waals surface area contributed by atoms with Gasteiger partial charge in [0.25, 0.3) is 5.91 Å². The molecule has 2 aliphatic rings. The summed E-state index contributed by atoms with van der Waals surface area (Å²) in [6.07, 6.45) is 2.99. The van der Waals surface area contributed by atoms with E-state index >= 15 is 0 Å². The summed E-state index contributed by atoms with van der Waals surface area (Å²) in [5.41, 5.74) is 1.15. The van der Waals surface area contributed by atoms with Crippen molar-refractivity contribution in [3.63, 3.8) is 0 Å². The van der Waals surface area contributed by atoms with Crippen molar-refractivity contribution in [3.05, 3.63) is 35.9 Å². The van der Waals surface area contributed by atoms with Crippen LogP contribution in [-0.4, -0.2) is 41.1 Å². The third-order valence-corrected chi connectivity index (χ3v) is 4.29. The van der Waals surface area contributed by atoms with Crippen LogP contribution in [0.2, 0.25) is 0 Å². The van der Waals surface area contributed by atoms with Crippen LogP contribution in [0, 0.1) is 0 Å². The van der Waals surface area contributed by atoms with Crippen LogP contribution >= 0.6 is 12.2 Å². The molecule has 0 aliphatic carbocycles. The van der Waals surface area contributed by atoms with E-state index in [0.717, 1.165) is 18.5 Å². The van der Waals surface area contributed by atoms with Crippen molar-refractivity contribution in [2.45, 2.75) is 31.3 Å². The Bertz CT molecular complexity index is 499. The van der Waals surface area contributed by atoms with Crippen LogP contribution < -0.4 is 10.6 Å². The first-order chi connectivity index (χ1) is 9.74. The maximum Gasteiger partial charge on any atom is 0.251 e. The number of nitrogens with one attached hydrogen (secondary N) is 2. The van der Waals surface area contributed by atoms with Gasteiger partial charge in [-0.15, -0.1) is 0 Å². The second-order valence-corrected chi connectivity index (χ2v) is 5.82. The van der Waals surface area contributed by atoms with Crippen LogP contribution in [0.5, 0.6) is 0 Å². The average Bonchev–Trinajstić information content (AvgIpc) is 3.05. The van der Waals surface area contributed by atoms with Gasteiger partial charge in [0.1, 0.15) is 6.04 Å². The fourth-order valence-electron chi connectivity index (χ4n) is 2.87. The third kappa shape index (κ3) is 2.83. The van der Waals surface area contributed by atoms with Gasteiger partial charge in [0.15, 0.2) is 5.11 Å². The van der Waals surface area contributed by atoms with Crippen molar-refractivity contribution in [2.24, 2.45) is 0 Å². The Hall–Kier alpha value is -1.46. The number of hydrogen-bond donors (Lipinski definition) is 2. The maximum absolute atomic E-state index is 12.5. The zero-order valence-corrected chi connectivity index (χ0v) is 12.2. The first-order valence-corrected chi connectivity index (χ1v) is 7.54. The Balaban J connectivity index is 1.64. The molecule has 2 fully saturated rings. The summed E-state index contributed by atoms with van der Waals surface area (Å²) in [6, 6.07) is 10.2. The zero-order chi connectivity index (χ0) is 13.9. The molecule has 3 rings (SSSR count). The summed E-state index contributed by atoms with van der Waals surface area (Å²) < 4.78 is 0. The van der Waals surface area contributed by atoms with Gasteiger partial charge in [-0.2, -0.15) is 0 Å². The van der Waals surface area contributed by atoms with Gasteiger partial charge in [-0.3, -0.25) is 9.69 Å². The maximum atomic E-state index is 12.5. The van der Waals surface area contributed by atoms with E-state index in [9.17, 15) is 4.79 Å². The molecule has 5 heteroatoms. The second kappa shape index (κ2) is 5.89. The second-order valence-electron chi connectivity index (χ2n) is 5.43. The molecule has 2 N–H and O–H groups in total. The molecule has 2 aliphatic heterocycles. The summed E-state index contributed by atoms with van der Waals surface area (Å²) in [4.78, 5) is 14.2. The molecule has 0 unspecified atom stereocenters. The highest BCUT2D eigenvalue weighted by molar-refractivity contribution is 7.80. The number of rotatable bonds is 4. The number of hydrogen-bond acceptors (Lipinski definition) is 3. The summed E-state index contributed by atoms with van der Waals surface area (Å²) in [5, 5.41) is 7.14. The van der Waals surface area contributed by atoms with Crippen molar-refractivity contribution in [2.75, 3.05) is 13.1 Å². The van der Waals surface area contributed by atoms with Crippen molar-refractivity contribution in [1.29, 1.82) is 0 Å². The topological polar surface area (TPSA) is 44.4 Å². The highest BCUT2D eigenvalue weighted by Crippen LogP contribution is 2.15. The molecule has 2 saturated heterocycles. The molecule has 0 saturated carbocycles. The van der Waals surface area contributed by atoms with Gasteiger partial charge >= 0.3 is 0 Å². The molecule has 0 spiro atoms. The first kappa shape index (κ1) is 13.5. The number of benzene rings is 1. The molecular weight excluding hydrogens is 270 g/mol. The molecule has 2 atom stereocenters. The van der Waals surface area contributed by atoms with Gasteiger partial charge in [0.2, 0.25) is 0 Å².